The van der Waals surface area contributed by atoms with E-state index in [0.29, 0.717) is 89.4 Å². The number of ether oxygens (including phenoxy) is 2. The first-order valence-electron chi connectivity index (χ1n) is 12.4. The fourth-order valence-electron chi connectivity index (χ4n) is 4.62. The molecule has 0 bridgehead atoms. The van der Waals surface area contributed by atoms with Gasteiger partial charge in [-0.2, -0.15) is 4.98 Å². The summed E-state index contributed by atoms with van der Waals surface area (Å²) in [6, 6.07) is 4.15. The molecule has 2 fully saturated rings. The number of rotatable bonds is 7. The van der Waals surface area contributed by atoms with Crippen LogP contribution in [0.5, 0.6) is 0 Å². The van der Waals surface area contributed by atoms with E-state index in [2.05, 4.69) is 15.2 Å². The van der Waals surface area contributed by atoms with Crippen LogP contribution in [0.3, 0.4) is 0 Å². The molecule has 2 saturated heterocycles. The maximum Gasteiger partial charge on any atom is 0.298 e. The molecule has 11 heteroatoms. The van der Waals surface area contributed by atoms with Crippen molar-refractivity contribution in [1.82, 2.24) is 9.88 Å². The highest BCUT2D eigenvalue weighted by Crippen LogP contribution is 2.35. The molecule has 0 aliphatic carbocycles. The quantitative estimate of drug-likeness (QED) is 0.587. The van der Waals surface area contributed by atoms with Gasteiger partial charge in [-0.3, -0.25) is 9.59 Å². The third-order valence-electron chi connectivity index (χ3n) is 6.70. The number of nitrogens with one attached hydrogen (secondary N) is 1. The molecule has 3 aliphatic heterocycles. The lowest BCUT2D eigenvalue weighted by Crippen LogP contribution is -2.37. The van der Waals surface area contributed by atoms with Crippen LogP contribution in [-0.2, 0) is 16.0 Å². The Morgan fingerprint density at radius 1 is 1.08 bits per heavy atom. The Hall–Kier alpha value is -3.15. The largest absolute Gasteiger partial charge is 0.431 e. The number of aliphatic hydroxyl groups is 1. The summed E-state index contributed by atoms with van der Waals surface area (Å²) in [7, 11) is 0. The van der Waals surface area contributed by atoms with Gasteiger partial charge in [0.25, 0.3) is 17.8 Å². The van der Waals surface area contributed by atoms with Crippen LogP contribution < -0.4 is 15.1 Å². The van der Waals surface area contributed by atoms with Gasteiger partial charge in [0.2, 0.25) is 0 Å². The van der Waals surface area contributed by atoms with Crippen LogP contribution in [0.15, 0.2) is 22.8 Å². The Kier molecular flexibility index (Phi) is 6.87. The molecule has 2 aromatic rings. The average molecular weight is 500 g/mol. The van der Waals surface area contributed by atoms with Gasteiger partial charge in [-0.05, 0) is 38.0 Å². The summed E-state index contributed by atoms with van der Waals surface area (Å²) in [5.41, 5.74) is 2.20. The second-order valence-corrected chi connectivity index (χ2v) is 9.98. The molecule has 0 radical (unpaired) electrons. The molecule has 0 atom stereocenters. The highest BCUT2D eigenvalue weighted by atomic mass is 16.5. The zero-order valence-corrected chi connectivity index (χ0v) is 20.8. The fourth-order valence-corrected chi connectivity index (χ4v) is 4.62. The maximum atomic E-state index is 13.2. The Bertz CT molecular complexity index is 1110. The molecule has 1 aromatic carbocycles. The van der Waals surface area contributed by atoms with Gasteiger partial charge in [0, 0.05) is 44.8 Å². The molecule has 2 N–H and O–H groups in total. The van der Waals surface area contributed by atoms with E-state index in [0.717, 1.165) is 11.3 Å². The predicted octanol–water partition coefficient (Wildman–Crippen LogP) is 1.72. The molecule has 0 unspecified atom stereocenters. The lowest BCUT2D eigenvalue weighted by atomic mass is 10.1. The van der Waals surface area contributed by atoms with Gasteiger partial charge in [-0.15, -0.1) is 0 Å². The molecule has 5 rings (SSSR count). The van der Waals surface area contributed by atoms with E-state index in [4.69, 9.17) is 13.9 Å². The van der Waals surface area contributed by atoms with E-state index in [9.17, 15) is 14.7 Å². The monoisotopic (exact) mass is 499 g/mol. The van der Waals surface area contributed by atoms with Crippen LogP contribution >= 0.6 is 0 Å². The third kappa shape index (κ3) is 5.32. The van der Waals surface area contributed by atoms with E-state index < -0.39 is 5.60 Å². The van der Waals surface area contributed by atoms with E-state index in [1.165, 1.54) is 6.26 Å². The summed E-state index contributed by atoms with van der Waals surface area (Å²) in [4.78, 5) is 36.5. The van der Waals surface area contributed by atoms with Gasteiger partial charge >= 0.3 is 0 Å². The zero-order chi connectivity index (χ0) is 25.3. The first kappa shape index (κ1) is 24.5. The molecule has 11 nitrogen and oxygen atoms in total. The normalized spacial score (nSPS) is 18.5. The number of carbonyl (C=O) groups excluding carboxylic acids is 2. The minimum Gasteiger partial charge on any atom is -0.431 e. The van der Waals surface area contributed by atoms with Crippen molar-refractivity contribution in [3.8, 4) is 0 Å². The Morgan fingerprint density at radius 2 is 1.75 bits per heavy atom. The lowest BCUT2D eigenvalue weighted by Gasteiger charge is -2.31. The molecule has 36 heavy (non-hydrogen) atoms. The number of anilines is 3. The number of morpholine rings is 2. The number of carbonyl (C=O) groups is 2. The molecule has 194 valence electrons. The second-order valence-electron chi connectivity index (χ2n) is 9.98. The number of amides is 2. The lowest BCUT2D eigenvalue weighted by molar-refractivity contribution is 0.0517. The van der Waals surface area contributed by atoms with Crippen LogP contribution in [0.25, 0.3) is 0 Å². The molecule has 2 amide bonds. The summed E-state index contributed by atoms with van der Waals surface area (Å²) in [5, 5.41) is 13.1. The van der Waals surface area contributed by atoms with E-state index in [1.54, 1.807) is 18.7 Å². The number of aromatic nitrogens is 1. The van der Waals surface area contributed by atoms with Crippen molar-refractivity contribution in [1.29, 1.82) is 0 Å². The minimum absolute atomic E-state index is 0.0618. The van der Waals surface area contributed by atoms with E-state index >= 15 is 0 Å². The van der Waals surface area contributed by atoms with Gasteiger partial charge in [-0.1, -0.05) is 0 Å². The average Bonchev–Trinajstić information content (AvgIpc) is 3.48. The van der Waals surface area contributed by atoms with Crippen molar-refractivity contribution >= 4 is 29.2 Å². The number of benzene rings is 1. The topological polar surface area (TPSA) is 121 Å². The minimum atomic E-state index is -0.856. The van der Waals surface area contributed by atoms with Crippen molar-refractivity contribution in [2.45, 2.75) is 32.4 Å². The van der Waals surface area contributed by atoms with Crippen molar-refractivity contribution in [3.63, 3.8) is 0 Å². The van der Waals surface area contributed by atoms with Crippen LogP contribution in [-0.4, -0.2) is 91.6 Å². The van der Waals surface area contributed by atoms with Crippen molar-refractivity contribution < 1.29 is 28.6 Å². The summed E-state index contributed by atoms with van der Waals surface area (Å²) >= 11 is 0. The molecule has 0 saturated carbocycles. The second kappa shape index (κ2) is 10.1. The molecular weight excluding hydrogens is 466 g/mol. The van der Waals surface area contributed by atoms with Crippen LogP contribution in [0, 0.1) is 0 Å². The van der Waals surface area contributed by atoms with Gasteiger partial charge < -0.3 is 39.0 Å². The van der Waals surface area contributed by atoms with Crippen LogP contribution in [0.1, 0.15) is 46.7 Å². The Labute approximate surface area is 209 Å². The molecular formula is C25H33N5O6. The van der Waals surface area contributed by atoms with Crippen molar-refractivity contribution in [2.24, 2.45) is 0 Å². The van der Waals surface area contributed by atoms with Gasteiger partial charge in [-0.25, -0.2) is 0 Å². The maximum absolute atomic E-state index is 13.2. The highest BCUT2D eigenvalue weighted by molar-refractivity contribution is 6.07. The summed E-state index contributed by atoms with van der Waals surface area (Å²) in [6.07, 6.45) is 1.84. The molecule has 4 heterocycles. The fraction of sp³-hybridized carbons (Fsp3) is 0.560. The van der Waals surface area contributed by atoms with E-state index in [1.807, 2.05) is 17.0 Å². The number of nitrogens with zero attached hydrogens (tertiary/aromatic N) is 4. The number of hydrogen-bond donors (Lipinski definition) is 2. The summed E-state index contributed by atoms with van der Waals surface area (Å²) < 4.78 is 16.4. The first-order chi connectivity index (χ1) is 17.3. The standard InChI is InChI=1S/C25H33N5O6/c1-25(2,33)3-4-30-15-17-13-19(21(14-18(17)23(30)32)28-5-9-34-10-6-28)26-22(31)20-16-36-24(27-20)29-7-11-35-12-8-29/h13-14,16,33H,3-12,15H2,1-2H3,(H,26,31). The van der Waals surface area contributed by atoms with Gasteiger partial charge in [0.15, 0.2) is 5.69 Å². The number of hydrogen-bond acceptors (Lipinski definition) is 9. The first-order valence-corrected chi connectivity index (χ1v) is 12.4. The number of fused-ring (bicyclic) bond motifs is 1. The third-order valence-corrected chi connectivity index (χ3v) is 6.70. The van der Waals surface area contributed by atoms with E-state index in [-0.39, 0.29) is 17.5 Å². The van der Waals surface area contributed by atoms with Crippen LogP contribution in [0.2, 0.25) is 0 Å². The molecule has 0 spiro atoms. The van der Waals surface area contributed by atoms with Crippen molar-refractivity contribution in [2.75, 3.05) is 74.3 Å². The van der Waals surface area contributed by atoms with Crippen molar-refractivity contribution in [3.05, 3.63) is 35.2 Å². The Balaban J connectivity index is 1.38. The predicted molar refractivity (Wildman–Crippen MR) is 133 cm³/mol. The highest BCUT2D eigenvalue weighted by Gasteiger charge is 2.31. The molecule has 3 aliphatic rings. The van der Waals surface area contributed by atoms with Gasteiger partial charge in [0.05, 0.1) is 43.4 Å². The SMILES string of the molecule is CC(C)(O)CCN1Cc2cc(NC(=O)c3coc(N4CCOCC4)n3)c(N3CCOCC3)cc2C1=O. The zero-order valence-electron chi connectivity index (χ0n) is 20.8. The van der Waals surface area contributed by atoms with Gasteiger partial charge in [0.1, 0.15) is 6.26 Å². The summed E-state index contributed by atoms with van der Waals surface area (Å²) in [6.45, 7) is 9.31. The summed E-state index contributed by atoms with van der Waals surface area (Å²) in [5.74, 6) is -0.441. The Morgan fingerprint density at radius 3 is 2.42 bits per heavy atom. The van der Waals surface area contributed by atoms with Crippen LogP contribution in [0.4, 0.5) is 17.4 Å². The smallest absolute Gasteiger partial charge is 0.298 e. The molecule has 1 aromatic heterocycles. The number of oxazole rings is 1.